The summed E-state index contributed by atoms with van der Waals surface area (Å²) in [6, 6.07) is 23.9. The first kappa shape index (κ1) is 25.8. The van der Waals surface area contributed by atoms with Gasteiger partial charge in [0.2, 0.25) is 0 Å². The molecule has 0 N–H and O–H groups in total. The Morgan fingerprint density at radius 1 is 0.742 bits per heavy atom. The molecule has 0 nitrogen and oxygen atoms in total. The van der Waals surface area contributed by atoms with E-state index in [1.54, 1.807) is 23.3 Å². The Morgan fingerprint density at radius 3 is 1.68 bits per heavy atom. The van der Waals surface area contributed by atoms with Crippen molar-refractivity contribution in [1.82, 2.24) is 0 Å². The average molecular weight is 504 g/mol. The van der Waals surface area contributed by atoms with Gasteiger partial charge in [-0.25, -0.2) is 0 Å². The Labute approximate surface area is 204 Å². The second-order valence-electron chi connectivity index (χ2n) is 8.84. The van der Waals surface area contributed by atoms with E-state index >= 15 is 0 Å². The van der Waals surface area contributed by atoms with Crippen molar-refractivity contribution in [3.05, 3.63) is 94.5 Å². The van der Waals surface area contributed by atoms with Crippen molar-refractivity contribution in [2.45, 2.75) is 60.6 Å². The summed E-state index contributed by atoms with van der Waals surface area (Å²) in [5.41, 5.74) is 10.1. The maximum Gasteiger partial charge on any atom is -0.0632 e. The fraction of sp³-hybridized carbons (Fsp3) is 0.310. The van der Waals surface area contributed by atoms with E-state index in [0.717, 1.165) is 0 Å². The van der Waals surface area contributed by atoms with Gasteiger partial charge in [0.05, 0.1) is 0 Å². The summed E-state index contributed by atoms with van der Waals surface area (Å²) in [5, 5.41) is 2.72. The van der Waals surface area contributed by atoms with Crippen LogP contribution >= 0.6 is 0 Å². The molecule has 0 aromatic heterocycles. The minimum atomic E-state index is 0.210. The summed E-state index contributed by atoms with van der Waals surface area (Å²) in [4.78, 5) is 0. The van der Waals surface area contributed by atoms with Crippen LogP contribution in [0.1, 0.15) is 47.6 Å². The molecule has 0 atom stereocenters. The van der Waals surface area contributed by atoms with Crippen LogP contribution in [0, 0.1) is 27.7 Å². The summed E-state index contributed by atoms with van der Waals surface area (Å²) >= 11 is 1.74. The maximum absolute atomic E-state index is 2.34. The average Bonchev–Trinajstić information content (AvgIpc) is 3.22. The van der Waals surface area contributed by atoms with Gasteiger partial charge in [0.25, 0.3) is 0 Å². The predicted octanol–water partition coefficient (Wildman–Crippen LogP) is 8.77. The van der Waals surface area contributed by atoms with Crippen LogP contribution in [-0.2, 0) is 23.3 Å². The van der Waals surface area contributed by atoms with E-state index in [2.05, 4.69) is 121 Å². The smallest absolute Gasteiger partial charge is 0.0632 e. The molecule has 0 aliphatic carbocycles. The quantitative estimate of drug-likeness (QED) is 0.189. The number of hydrogen-bond acceptors (Lipinski definition) is 0. The van der Waals surface area contributed by atoms with Crippen LogP contribution in [0.5, 0.6) is 0 Å². The van der Waals surface area contributed by atoms with Crippen molar-refractivity contribution in [3.8, 4) is 11.1 Å². The van der Waals surface area contributed by atoms with Crippen molar-refractivity contribution in [3.63, 3.8) is 0 Å². The molecule has 0 spiro atoms. The molecule has 0 aliphatic heterocycles. The van der Waals surface area contributed by atoms with Crippen molar-refractivity contribution < 1.29 is 23.3 Å². The molecule has 0 saturated carbocycles. The molecule has 4 rings (SSSR count). The molecule has 0 saturated heterocycles. The normalized spacial score (nSPS) is 10.4. The van der Waals surface area contributed by atoms with Gasteiger partial charge in [-0.05, 0) is 5.92 Å². The van der Waals surface area contributed by atoms with Gasteiger partial charge < -0.3 is 0 Å². The molecule has 0 amide bonds. The van der Waals surface area contributed by atoms with Gasteiger partial charge in [0.1, 0.15) is 0 Å². The molecule has 4 aromatic carbocycles. The van der Waals surface area contributed by atoms with Gasteiger partial charge in [-0.3, -0.25) is 0 Å². The molecule has 0 bridgehead atoms. The van der Waals surface area contributed by atoms with Gasteiger partial charge in [-0.2, -0.15) is 28.3 Å². The molecule has 0 fully saturated rings. The van der Waals surface area contributed by atoms with Gasteiger partial charge in [0.15, 0.2) is 0 Å². The number of hydrogen-bond donors (Lipinski definition) is 0. The van der Waals surface area contributed by atoms with Crippen molar-refractivity contribution >= 4 is 16.2 Å². The third-order valence-electron chi connectivity index (χ3n) is 5.69. The third-order valence-corrected chi connectivity index (χ3v) is 5.69. The summed E-state index contributed by atoms with van der Waals surface area (Å²) in [7, 11) is 0. The predicted molar refractivity (Wildman–Crippen MR) is 138 cm³/mol. The van der Waals surface area contributed by atoms with Crippen LogP contribution in [0.2, 0.25) is 13.1 Å². The van der Waals surface area contributed by atoms with Crippen LogP contribution in [0.3, 0.4) is 0 Å². The fourth-order valence-electron chi connectivity index (χ4n) is 3.76. The van der Waals surface area contributed by atoms with Crippen LogP contribution in [0.4, 0.5) is 0 Å². The van der Waals surface area contributed by atoms with E-state index < -0.39 is 0 Å². The summed E-state index contributed by atoms with van der Waals surface area (Å²) in [5.74, 6) is 0.549. The zero-order chi connectivity index (χ0) is 23.1. The number of aryl methyl sites for hydroxylation is 2. The standard InChI is InChI=1S/C18H17.C9H13.C2H6Si.Zr/c1-13(2)17-12-15-10-6-7-11-16(15)18(17)14-8-4-3-5-9-14;1-6-5-7(2)9(4)8(6)3;1-3-2;/h3-13H,1-2H3;5H,1-4H3;1-2H3;/q2*-1;;+2. The third kappa shape index (κ3) is 6.99. The largest absolute Gasteiger partial charge is 0.196 e. The van der Waals surface area contributed by atoms with E-state index in [-0.39, 0.29) is 5.43 Å². The molecule has 2 heteroatoms. The van der Waals surface area contributed by atoms with Gasteiger partial charge >= 0.3 is 41.9 Å². The topological polar surface area (TPSA) is 0 Å². The zero-order valence-corrected chi connectivity index (χ0v) is 23.9. The number of rotatable bonds is 2. The van der Waals surface area contributed by atoms with Gasteiger partial charge in [0, 0.05) is 0 Å². The molecule has 0 unspecified atom stereocenters. The van der Waals surface area contributed by atoms with E-state index in [0.29, 0.717) is 5.92 Å². The molecule has 0 aliphatic rings. The minimum Gasteiger partial charge on any atom is -0.196 e. The van der Waals surface area contributed by atoms with Crippen molar-refractivity contribution in [2.24, 2.45) is 0 Å². The van der Waals surface area contributed by atoms with E-state index in [9.17, 15) is 0 Å². The molecule has 160 valence electrons. The first-order valence-corrected chi connectivity index (χ1v) is 17.3. The summed E-state index contributed by atoms with van der Waals surface area (Å²) in [6.45, 7) is 17.8. The van der Waals surface area contributed by atoms with Crippen LogP contribution in [0.25, 0.3) is 21.9 Å². The molecular weight excluding hydrogens is 468 g/mol. The van der Waals surface area contributed by atoms with E-state index in [1.165, 1.54) is 49.7 Å². The summed E-state index contributed by atoms with van der Waals surface area (Å²) in [6.07, 6.45) is 0. The molecule has 0 radical (unpaired) electrons. The SMILES string of the molecule is CC(C)c1[cH-]c2ccccc2c1-c1ccccc1.C[Si](C)=[Zr+2].Cc1[cH-]c(C)c(C)c1C. The van der Waals surface area contributed by atoms with Gasteiger partial charge in [-0.1, -0.05) is 83.5 Å². The van der Waals surface area contributed by atoms with E-state index in [1.807, 2.05) is 0 Å². The first-order chi connectivity index (χ1) is 14.6. The van der Waals surface area contributed by atoms with Crippen molar-refractivity contribution in [1.29, 1.82) is 0 Å². The Balaban J connectivity index is 0.000000220. The second kappa shape index (κ2) is 11.9. The Morgan fingerprint density at radius 2 is 1.23 bits per heavy atom. The minimum absolute atomic E-state index is 0.210. The summed E-state index contributed by atoms with van der Waals surface area (Å²) < 4.78 is 0. The van der Waals surface area contributed by atoms with Crippen LogP contribution in [-0.4, -0.2) is 5.43 Å². The molecule has 0 heterocycles. The Kier molecular flexibility index (Phi) is 9.91. The zero-order valence-electron chi connectivity index (χ0n) is 20.4. The van der Waals surface area contributed by atoms with Gasteiger partial charge in [-0.15, -0.1) is 46.2 Å². The van der Waals surface area contributed by atoms with Crippen molar-refractivity contribution in [2.75, 3.05) is 0 Å². The van der Waals surface area contributed by atoms with E-state index in [4.69, 9.17) is 0 Å². The Bertz CT molecular complexity index is 1100. The number of fused-ring (bicyclic) bond motifs is 1. The number of benzene rings is 2. The monoisotopic (exact) mass is 502 g/mol. The first-order valence-electron chi connectivity index (χ1n) is 11.1. The fourth-order valence-corrected chi connectivity index (χ4v) is 3.76. The maximum atomic E-state index is 2.34. The second-order valence-corrected chi connectivity index (χ2v) is 18.2. The molecule has 4 aromatic rings. The molecular formula is C29H36SiZr. The van der Waals surface area contributed by atoms with Crippen LogP contribution in [0.15, 0.2) is 66.7 Å². The molecule has 31 heavy (non-hydrogen) atoms. The van der Waals surface area contributed by atoms with Crippen LogP contribution < -0.4 is 0 Å². The Hall–Kier alpha value is -1.50.